The molecule has 0 saturated heterocycles. The van der Waals surface area contributed by atoms with Gasteiger partial charge in [0, 0.05) is 29.2 Å². The summed E-state index contributed by atoms with van der Waals surface area (Å²) in [5.41, 5.74) is 6.52. The van der Waals surface area contributed by atoms with E-state index in [-0.39, 0.29) is 5.91 Å². The Morgan fingerprint density at radius 2 is 1.93 bits per heavy atom. The van der Waals surface area contributed by atoms with Gasteiger partial charge in [-0.25, -0.2) is 4.98 Å². The number of aryl methyl sites for hydroxylation is 2. The summed E-state index contributed by atoms with van der Waals surface area (Å²) in [6.45, 7) is 0.455. The van der Waals surface area contributed by atoms with Crippen LogP contribution >= 0.6 is 0 Å². The first-order valence-electron chi connectivity index (χ1n) is 9.51. The number of carbonyl (C=O) groups excluding carboxylic acids is 1. The molecule has 0 saturated carbocycles. The van der Waals surface area contributed by atoms with E-state index in [4.69, 9.17) is 0 Å². The molecule has 1 aliphatic rings. The average Bonchev–Trinajstić information content (AvgIpc) is 3.27. The van der Waals surface area contributed by atoms with Gasteiger partial charge in [0.1, 0.15) is 5.82 Å². The number of carbonyl (C=O) groups is 1. The van der Waals surface area contributed by atoms with Gasteiger partial charge in [0.2, 0.25) is 0 Å². The molecule has 0 spiro atoms. The maximum atomic E-state index is 13.0. The Morgan fingerprint density at radius 1 is 1.07 bits per heavy atom. The summed E-state index contributed by atoms with van der Waals surface area (Å²) >= 11 is 0. The van der Waals surface area contributed by atoms with E-state index in [0.717, 1.165) is 40.8 Å². The van der Waals surface area contributed by atoms with Crippen molar-refractivity contribution in [3.63, 3.8) is 0 Å². The first-order valence-corrected chi connectivity index (χ1v) is 9.51. The molecule has 2 aromatic carbocycles. The Labute approximate surface area is 157 Å². The van der Waals surface area contributed by atoms with Crippen LogP contribution in [0.2, 0.25) is 0 Å². The van der Waals surface area contributed by atoms with Gasteiger partial charge in [-0.1, -0.05) is 12.1 Å². The number of fused-ring (bicyclic) bond motifs is 4. The summed E-state index contributed by atoms with van der Waals surface area (Å²) in [5, 5.41) is 1.20. The highest BCUT2D eigenvalue weighted by molar-refractivity contribution is 5.99. The van der Waals surface area contributed by atoms with E-state index in [9.17, 15) is 4.79 Å². The van der Waals surface area contributed by atoms with E-state index in [1.165, 1.54) is 29.5 Å². The fourth-order valence-corrected chi connectivity index (χ4v) is 4.14. The van der Waals surface area contributed by atoms with Crippen molar-refractivity contribution in [2.24, 2.45) is 0 Å². The largest absolute Gasteiger partial charge is 0.358 e. The lowest BCUT2D eigenvalue weighted by Crippen LogP contribution is -2.26. The number of aromatic amines is 2. The minimum atomic E-state index is 0.0168. The van der Waals surface area contributed by atoms with E-state index < -0.39 is 0 Å². The maximum Gasteiger partial charge on any atom is 0.254 e. The smallest absolute Gasteiger partial charge is 0.254 e. The molecule has 0 atom stereocenters. The quantitative estimate of drug-likeness (QED) is 0.577. The summed E-state index contributed by atoms with van der Waals surface area (Å²) in [4.78, 5) is 26.1. The van der Waals surface area contributed by atoms with E-state index in [0.29, 0.717) is 6.54 Å². The number of H-pyrrole nitrogens is 2. The number of hydrogen-bond acceptors (Lipinski definition) is 2. The molecule has 0 unspecified atom stereocenters. The Hall–Kier alpha value is -3.08. The first kappa shape index (κ1) is 16.1. The topological polar surface area (TPSA) is 64.8 Å². The number of imidazole rings is 1. The van der Waals surface area contributed by atoms with E-state index in [1.54, 1.807) is 4.90 Å². The first-order chi connectivity index (χ1) is 13.2. The number of aromatic nitrogens is 3. The second-order valence-electron chi connectivity index (χ2n) is 7.41. The van der Waals surface area contributed by atoms with Crippen LogP contribution in [0.4, 0.5) is 0 Å². The van der Waals surface area contributed by atoms with Crippen molar-refractivity contribution in [3.05, 3.63) is 65.1 Å². The summed E-state index contributed by atoms with van der Waals surface area (Å²) in [5.74, 6) is 0.815. The lowest BCUT2D eigenvalue weighted by molar-refractivity contribution is 0.0782. The van der Waals surface area contributed by atoms with Gasteiger partial charge in [0.05, 0.1) is 17.6 Å². The number of nitrogens with zero attached hydrogens (tertiary/aromatic N) is 2. The molecule has 4 aromatic rings. The highest BCUT2D eigenvalue weighted by Crippen LogP contribution is 2.30. The highest BCUT2D eigenvalue weighted by atomic mass is 16.2. The minimum Gasteiger partial charge on any atom is -0.358 e. The molecule has 0 aliphatic heterocycles. The molecule has 5 nitrogen and oxygen atoms in total. The molecule has 136 valence electrons. The Bertz CT molecular complexity index is 1120. The van der Waals surface area contributed by atoms with Gasteiger partial charge in [-0.05, 0) is 61.6 Å². The predicted molar refractivity (Wildman–Crippen MR) is 107 cm³/mol. The van der Waals surface area contributed by atoms with Crippen LogP contribution in [-0.2, 0) is 19.4 Å². The molecular weight excluding hydrogens is 336 g/mol. The van der Waals surface area contributed by atoms with Crippen LogP contribution < -0.4 is 0 Å². The van der Waals surface area contributed by atoms with E-state index in [2.05, 4.69) is 15.0 Å². The van der Waals surface area contributed by atoms with Crippen LogP contribution in [0.25, 0.3) is 21.9 Å². The Morgan fingerprint density at radius 3 is 2.81 bits per heavy atom. The number of amides is 1. The molecule has 1 amide bonds. The fraction of sp³-hybridized carbons (Fsp3) is 0.273. The molecule has 5 rings (SSSR count). The van der Waals surface area contributed by atoms with Gasteiger partial charge in [-0.3, -0.25) is 4.79 Å². The van der Waals surface area contributed by atoms with Crippen molar-refractivity contribution in [2.45, 2.75) is 32.2 Å². The molecule has 5 heteroatoms. The molecule has 0 radical (unpaired) electrons. The summed E-state index contributed by atoms with van der Waals surface area (Å²) in [7, 11) is 1.83. The van der Waals surface area contributed by atoms with Crippen LogP contribution in [0.15, 0.2) is 42.5 Å². The zero-order chi connectivity index (χ0) is 18.4. The number of para-hydroxylation sites is 2. The molecule has 0 bridgehead atoms. The van der Waals surface area contributed by atoms with Gasteiger partial charge < -0.3 is 14.9 Å². The van der Waals surface area contributed by atoms with Crippen LogP contribution in [0.3, 0.4) is 0 Å². The van der Waals surface area contributed by atoms with Crippen molar-refractivity contribution in [1.82, 2.24) is 19.9 Å². The lowest BCUT2D eigenvalue weighted by Gasteiger charge is -2.16. The molecule has 27 heavy (non-hydrogen) atoms. The summed E-state index contributed by atoms with van der Waals surface area (Å²) in [6.07, 6.45) is 4.68. The SMILES string of the molecule is CN(Cc1nc2ccccc2[nH]1)C(=O)c1ccc2[nH]c3c(c2c1)CCCC3. The highest BCUT2D eigenvalue weighted by Gasteiger charge is 2.19. The van der Waals surface area contributed by atoms with Crippen molar-refractivity contribution in [2.75, 3.05) is 7.05 Å². The molecule has 2 aromatic heterocycles. The van der Waals surface area contributed by atoms with Crippen LogP contribution in [-0.4, -0.2) is 32.8 Å². The number of rotatable bonds is 3. The van der Waals surface area contributed by atoms with Crippen molar-refractivity contribution < 1.29 is 4.79 Å². The Balaban J connectivity index is 1.42. The summed E-state index contributed by atoms with van der Waals surface area (Å²) < 4.78 is 0. The minimum absolute atomic E-state index is 0.0168. The monoisotopic (exact) mass is 358 g/mol. The van der Waals surface area contributed by atoms with Gasteiger partial charge in [0.15, 0.2) is 0 Å². The van der Waals surface area contributed by atoms with Gasteiger partial charge in [-0.2, -0.15) is 0 Å². The summed E-state index contributed by atoms with van der Waals surface area (Å²) in [6, 6.07) is 13.9. The van der Waals surface area contributed by atoms with Crippen molar-refractivity contribution in [3.8, 4) is 0 Å². The van der Waals surface area contributed by atoms with Gasteiger partial charge in [0.25, 0.3) is 5.91 Å². The zero-order valence-electron chi connectivity index (χ0n) is 15.4. The van der Waals surface area contributed by atoms with Crippen LogP contribution in [0.5, 0.6) is 0 Å². The zero-order valence-corrected chi connectivity index (χ0v) is 15.4. The maximum absolute atomic E-state index is 13.0. The lowest BCUT2D eigenvalue weighted by atomic mass is 9.95. The number of nitrogens with one attached hydrogen (secondary N) is 2. The Kier molecular flexibility index (Phi) is 3.74. The molecular formula is C22H22N4O. The number of benzene rings is 2. The molecule has 2 heterocycles. The standard InChI is InChI=1S/C22H22N4O/c1-26(13-21-24-19-8-4-5-9-20(19)25-21)22(27)14-10-11-18-16(12-14)15-6-2-3-7-17(15)23-18/h4-5,8-12,23H,2-3,6-7,13H2,1H3,(H,24,25). The normalized spacial score (nSPS) is 13.8. The third-order valence-electron chi connectivity index (χ3n) is 5.52. The average molecular weight is 358 g/mol. The number of hydrogen-bond donors (Lipinski definition) is 2. The molecule has 2 N–H and O–H groups in total. The van der Waals surface area contributed by atoms with Gasteiger partial charge in [-0.15, -0.1) is 0 Å². The fourth-order valence-electron chi connectivity index (χ4n) is 4.14. The van der Waals surface area contributed by atoms with E-state index in [1.807, 2.05) is 49.5 Å². The third-order valence-corrected chi connectivity index (χ3v) is 5.52. The van der Waals surface area contributed by atoms with Crippen molar-refractivity contribution in [1.29, 1.82) is 0 Å². The third kappa shape index (κ3) is 2.79. The van der Waals surface area contributed by atoms with Crippen molar-refractivity contribution >= 4 is 27.8 Å². The van der Waals surface area contributed by atoms with Gasteiger partial charge >= 0.3 is 0 Å². The predicted octanol–water partition coefficient (Wildman–Crippen LogP) is 4.20. The van der Waals surface area contributed by atoms with Crippen LogP contribution in [0.1, 0.15) is 40.3 Å². The second kappa shape index (κ2) is 6.27. The molecule has 0 fully saturated rings. The van der Waals surface area contributed by atoms with Crippen LogP contribution in [0, 0.1) is 0 Å². The molecule has 1 aliphatic carbocycles. The van der Waals surface area contributed by atoms with E-state index >= 15 is 0 Å². The second-order valence-corrected chi connectivity index (χ2v) is 7.41.